The van der Waals surface area contributed by atoms with Crippen LogP contribution in [0.4, 0.5) is 4.39 Å². The zero-order valence-electron chi connectivity index (χ0n) is 10.6. The molecule has 2 rings (SSSR count). The van der Waals surface area contributed by atoms with Gasteiger partial charge in [0.15, 0.2) is 0 Å². The number of hydrogen-bond acceptors (Lipinski definition) is 0. The third kappa shape index (κ3) is 2.66. The summed E-state index contributed by atoms with van der Waals surface area (Å²) in [7, 11) is 0. The number of benzene rings is 2. The van der Waals surface area contributed by atoms with Gasteiger partial charge >= 0.3 is 0 Å². The molecule has 2 aromatic rings. The summed E-state index contributed by atoms with van der Waals surface area (Å²) < 4.78 is 13.8. The molecular weight excluding hydrogens is 211 g/mol. The molecule has 0 aliphatic rings. The molecule has 90 valence electrons. The van der Waals surface area contributed by atoms with E-state index >= 15 is 0 Å². The average Bonchev–Trinajstić information content (AvgIpc) is 2.34. The molecule has 0 unspecified atom stereocenters. The Morgan fingerprint density at radius 2 is 1.88 bits per heavy atom. The predicted octanol–water partition coefficient (Wildman–Crippen LogP) is 5.02. The van der Waals surface area contributed by atoms with Crippen molar-refractivity contribution < 1.29 is 4.39 Å². The van der Waals surface area contributed by atoms with Gasteiger partial charge in [-0.25, -0.2) is 4.39 Å². The summed E-state index contributed by atoms with van der Waals surface area (Å²) in [6, 6.07) is 9.96. The lowest BCUT2D eigenvalue weighted by molar-refractivity contribution is 0.630. The van der Waals surface area contributed by atoms with Crippen LogP contribution in [0.15, 0.2) is 30.3 Å². The molecule has 0 saturated heterocycles. The van der Waals surface area contributed by atoms with Gasteiger partial charge in [0.25, 0.3) is 0 Å². The molecule has 0 bridgehead atoms. The van der Waals surface area contributed by atoms with Gasteiger partial charge in [-0.2, -0.15) is 0 Å². The highest BCUT2D eigenvalue weighted by Crippen LogP contribution is 2.22. The van der Waals surface area contributed by atoms with Crippen LogP contribution < -0.4 is 0 Å². The highest BCUT2D eigenvalue weighted by atomic mass is 19.1. The Kier molecular flexibility index (Phi) is 3.78. The Hall–Kier alpha value is -1.37. The van der Waals surface area contributed by atoms with Crippen molar-refractivity contribution in [2.75, 3.05) is 0 Å². The maximum Gasteiger partial charge on any atom is 0.133 e. The SMILES string of the molecule is CCCCCc1ccc2c(F)c(C)ccc2c1. The maximum atomic E-state index is 13.8. The molecule has 0 radical (unpaired) electrons. The van der Waals surface area contributed by atoms with E-state index in [0.29, 0.717) is 0 Å². The van der Waals surface area contributed by atoms with Crippen LogP contribution in [0.2, 0.25) is 0 Å². The van der Waals surface area contributed by atoms with Gasteiger partial charge in [0, 0.05) is 5.39 Å². The lowest BCUT2D eigenvalue weighted by atomic mass is 10.0. The maximum absolute atomic E-state index is 13.8. The first kappa shape index (κ1) is 12.1. The van der Waals surface area contributed by atoms with Crippen molar-refractivity contribution in [3.8, 4) is 0 Å². The predicted molar refractivity (Wildman–Crippen MR) is 71.9 cm³/mol. The minimum absolute atomic E-state index is 0.0809. The van der Waals surface area contributed by atoms with E-state index in [2.05, 4.69) is 19.1 Å². The van der Waals surface area contributed by atoms with Crippen LogP contribution in [0.3, 0.4) is 0 Å². The number of unbranched alkanes of at least 4 members (excludes halogenated alkanes) is 2. The molecule has 17 heavy (non-hydrogen) atoms. The lowest BCUT2D eigenvalue weighted by Gasteiger charge is -2.06. The van der Waals surface area contributed by atoms with E-state index < -0.39 is 0 Å². The second-order valence-corrected chi connectivity index (χ2v) is 4.71. The highest BCUT2D eigenvalue weighted by Gasteiger charge is 2.04. The van der Waals surface area contributed by atoms with Crippen LogP contribution in [-0.2, 0) is 6.42 Å². The molecule has 0 saturated carbocycles. The molecule has 0 aliphatic heterocycles. The minimum atomic E-state index is -0.0809. The summed E-state index contributed by atoms with van der Waals surface area (Å²) in [6.07, 6.45) is 4.82. The summed E-state index contributed by atoms with van der Waals surface area (Å²) in [6.45, 7) is 4.02. The van der Waals surface area contributed by atoms with Gasteiger partial charge in [0.2, 0.25) is 0 Å². The average molecular weight is 230 g/mol. The molecular formula is C16H19F. The third-order valence-corrected chi connectivity index (χ3v) is 3.28. The minimum Gasteiger partial charge on any atom is -0.206 e. The summed E-state index contributed by atoms with van der Waals surface area (Å²) in [5.74, 6) is -0.0809. The summed E-state index contributed by atoms with van der Waals surface area (Å²) in [4.78, 5) is 0. The smallest absolute Gasteiger partial charge is 0.133 e. The van der Waals surface area contributed by atoms with E-state index in [4.69, 9.17) is 0 Å². The zero-order chi connectivity index (χ0) is 12.3. The first-order valence-electron chi connectivity index (χ1n) is 6.40. The second-order valence-electron chi connectivity index (χ2n) is 4.71. The van der Waals surface area contributed by atoms with Crippen molar-refractivity contribution >= 4 is 10.8 Å². The van der Waals surface area contributed by atoms with Crippen LogP contribution in [0.5, 0.6) is 0 Å². The molecule has 0 atom stereocenters. The normalized spacial score (nSPS) is 11.0. The van der Waals surface area contributed by atoms with Crippen molar-refractivity contribution in [3.63, 3.8) is 0 Å². The van der Waals surface area contributed by atoms with Gasteiger partial charge in [-0.05, 0) is 36.3 Å². The Morgan fingerprint density at radius 3 is 2.65 bits per heavy atom. The summed E-state index contributed by atoms with van der Waals surface area (Å²) in [5.41, 5.74) is 2.03. The molecule has 2 aromatic carbocycles. The molecule has 0 spiro atoms. The fourth-order valence-electron chi connectivity index (χ4n) is 2.18. The van der Waals surface area contributed by atoms with Crippen molar-refractivity contribution in [1.82, 2.24) is 0 Å². The first-order chi connectivity index (χ1) is 8.22. The third-order valence-electron chi connectivity index (χ3n) is 3.28. The van der Waals surface area contributed by atoms with Crippen LogP contribution >= 0.6 is 0 Å². The number of aryl methyl sites for hydroxylation is 2. The van der Waals surface area contributed by atoms with Gasteiger partial charge in [-0.1, -0.05) is 50.1 Å². The van der Waals surface area contributed by atoms with E-state index in [1.165, 1.54) is 24.8 Å². The molecule has 0 fully saturated rings. The summed E-state index contributed by atoms with van der Waals surface area (Å²) in [5, 5.41) is 1.76. The van der Waals surface area contributed by atoms with Gasteiger partial charge in [-0.15, -0.1) is 0 Å². The molecule has 1 heteroatoms. The van der Waals surface area contributed by atoms with Gasteiger partial charge in [-0.3, -0.25) is 0 Å². The lowest BCUT2D eigenvalue weighted by Crippen LogP contribution is -1.89. The van der Waals surface area contributed by atoms with E-state index in [1.54, 1.807) is 0 Å². The van der Waals surface area contributed by atoms with Crippen LogP contribution in [-0.4, -0.2) is 0 Å². The topological polar surface area (TPSA) is 0 Å². The molecule has 0 aliphatic carbocycles. The fraction of sp³-hybridized carbons (Fsp3) is 0.375. The molecule has 0 N–H and O–H groups in total. The Balaban J connectivity index is 2.29. The monoisotopic (exact) mass is 230 g/mol. The Bertz CT molecular complexity index is 514. The number of rotatable bonds is 4. The second kappa shape index (κ2) is 5.31. The first-order valence-corrected chi connectivity index (χ1v) is 6.40. The fourth-order valence-corrected chi connectivity index (χ4v) is 2.18. The Morgan fingerprint density at radius 1 is 1.06 bits per heavy atom. The largest absolute Gasteiger partial charge is 0.206 e. The van der Waals surface area contributed by atoms with E-state index in [0.717, 1.165) is 22.8 Å². The van der Waals surface area contributed by atoms with Gasteiger partial charge in [0.05, 0.1) is 0 Å². The number of halogens is 1. The van der Waals surface area contributed by atoms with E-state index in [1.807, 2.05) is 25.1 Å². The van der Waals surface area contributed by atoms with Crippen molar-refractivity contribution in [2.45, 2.75) is 39.5 Å². The van der Waals surface area contributed by atoms with Crippen LogP contribution in [0.25, 0.3) is 10.8 Å². The van der Waals surface area contributed by atoms with E-state index in [-0.39, 0.29) is 5.82 Å². The van der Waals surface area contributed by atoms with Crippen LogP contribution in [0.1, 0.15) is 37.3 Å². The highest BCUT2D eigenvalue weighted by molar-refractivity contribution is 5.84. The zero-order valence-corrected chi connectivity index (χ0v) is 10.6. The van der Waals surface area contributed by atoms with E-state index in [9.17, 15) is 4.39 Å². The number of fused-ring (bicyclic) bond motifs is 1. The van der Waals surface area contributed by atoms with Gasteiger partial charge in [0.1, 0.15) is 5.82 Å². The summed E-state index contributed by atoms with van der Waals surface area (Å²) >= 11 is 0. The molecule has 0 aromatic heterocycles. The molecule has 0 amide bonds. The van der Waals surface area contributed by atoms with Crippen molar-refractivity contribution in [2.24, 2.45) is 0 Å². The van der Waals surface area contributed by atoms with Crippen molar-refractivity contribution in [3.05, 3.63) is 47.3 Å². The van der Waals surface area contributed by atoms with Crippen molar-refractivity contribution in [1.29, 1.82) is 0 Å². The number of hydrogen-bond donors (Lipinski definition) is 0. The quantitative estimate of drug-likeness (QED) is 0.647. The standard InChI is InChI=1S/C16H19F/c1-3-4-5-6-13-8-10-15-14(11-13)9-7-12(2)16(15)17/h7-11H,3-6H2,1-2H3. The van der Waals surface area contributed by atoms with Crippen LogP contribution in [0, 0.1) is 12.7 Å². The Labute approximate surface area is 102 Å². The molecule has 0 heterocycles. The molecule has 0 nitrogen and oxygen atoms in total. The van der Waals surface area contributed by atoms with Gasteiger partial charge < -0.3 is 0 Å².